The lowest BCUT2D eigenvalue weighted by atomic mass is 9.69. The van der Waals surface area contributed by atoms with E-state index in [1.807, 2.05) is 18.2 Å². The van der Waals surface area contributed by atoms with Crippen LogP contribution in [0.3, 0.4) is 0 Å². The highest BCUT2D eigenvalue weighted by Gasteiger charge is 2.58. The largest absolute Gasteiger partial charge is 0.420 e. The fourth-order valence-corrected chi connectivity index (χ4v) is 4.78. The van der Waals surface area contributed by atoms with Crippen LogP contribution >= 0.6 is 22.9 Å². The number of halogens is 1. The molecule has 0 saturated carbocycles. The summed E-state index contributed by atoms with van der Waals surface area (Å²) < 4.78 is 6.17. The summed E-state index contributed by atoms with van der Waals surface area (Å²) in [7, 11) is 0. The van der Waals surface area contributed by atoms with Gasteiger partial charge in [-0.15, -0.1) is 16.4 Å². The van der Waals surface area contributed by atoms with Crippen LogP contribution in [0.4, 0.5) is 5.69 Å². The number of hydrogen-bond donors (Lipinski definition) is 3. The van der Waals surface area contributed by atoms with E-state index in [4.69, 9.17) is 22.1 Å². The van der Waals surface area contributed by atoms with Crippen molar-refractivity contribution in [2.24, 2.45) is 5.73 Å². The molecule has 0 radical (unpaired) electrons. The Labute approximate surface area is 162 Å². The molecule has 1 spiro atoms. The Morgan fingerprint density at radius 2 is 2.11 bits per heavy atom. The fourth-order valence-electron chi connectivity index (χ4n) is 3.73. The zero-order chi connectivity index (χ0) is 18.8. The number of hydrogen-bond acceptors (Lipinski definition) is 6. The summed E-state index contributed by atoms with van der Waals surface area (Å²) in [5.41, 5.74) is 6.86. The molecule has 1 aromatic carbocycles. The van der Waals surface area contributed by atoms with E-state index in [1.165, 1.54) is 11.3 Å². The number of ether oxygens (including phenoxy) is 1. The number of aromatic amines is 1. The third-order valence-electron chi connectivity index (χ3n) is 4.79. The lowest BCUT2D eigenvalue weighted by Gasteiger charge is -2.31. The second-order valence-corrected chi connectivity index (χ2v) is 7.80. The molecule has 4 N–H and O–H groups in total. The predicted molar refractivity (Wildman–Crippen MR) is 100 cm³/mol. The van der Waals surface area contributed by atoms with E-state index in [-0.39, 0.29) is 23.2 Å². The molecule has 0 saturated heterocycles. The van der Waals surface area contributed by atoms with Crippen molar-refractivity contribution in [3.05, 3.63) is 63.3 Å². The van der Waals surface area contributed by atoms with E-state index in [0.717, 1.165) is 4.88 Å². The molecule has 2 aliphatic heterocycles. The van der Waals surface area contributed by atoms with Crippen molar-refractivity contribution in [1.29, 1.82) is 5.26 Å². The fraction of sp³-hybridized carbons (Fsp3) is 0.0556. The molecular weight excluding hydrogens is 386 g/mol. The minimum atomic E-state index is -1.44. The molecule has 1 atom stereocenters. The maximum absolute atomic E-state index is 13.3. The standard InChI is InChI=1S/C18H10ClN5O2S/c19-12-6-5-11(27-12)14-13-16(24-23-14)26-15(21)9(7-20)18(13)8-3-1-2-4-10(8)22-17(18)25/h1-6H,21H2,(H,22,25)(H,23,24)/t18-/m1/s1. The number of anilines is 1. The third kappa shape index (κ3) is 1.90. The minimum Gasteiger partial charge on any atom is -0.420 e. The Morgan fingerprint density at radius 1 is 1.30 bits per heavy atom. The Balaban J connectivity index is 1.91. The van der Waals surface area contributed by atoms with Crippen molar-refractivity contribution in [3.63, 3.8) is 0 Å². The van der Waals surface area contributed by atoms with Crippen molar-refractivity contribution in [3.8, 4) is 22.5 Å². The highest BCUT2D eigenvalue weighted by molar-refractivity contribution is 7.19. The number of H-pyrrole nitrogens is 1. The Kier molecular flexibility index (Phi) is 3.16. The Bertz CT molecular complexity index is 1200. The molecule has 27 heavy (non-hydrogen) atoms. The number of benzene rings is 1. The molecule has 0 bridgehead atoms. The van der Waals surface area contributed by atoms with Gasteiger partial charge >= 0.3 is 0 Å². The van der Waals surface area contributed by atoms with Gasteiger partial charge in [-0.1, -0.05) is 29.8 Å². The average molecular weight is 396 g/mol. The number of fused-ring (bicyclic) bond motifs is 4. The maximum Gasteiger partial charge on any atom is 0.245 e. The molecule has 2 aliphatic rings. The lowest BCUT2D eigenvalue weighted by Crippen LogP contribution is -2.42. The van der Waals surface area contributed by atoms with Gasteiger partial charge in [-0.2, -0.15) is 5.26 Å². The average Bonchev–Trinajstić information content (AvgIpc) is 3.33. The van der Waals surface area contributed by atoms with E-state index in [9.17, 15) is 10.1 Å². The Morgan fingerprint density at radius 3 is 2.85 bits per heavy atom. The predicted octanol–water partition coefficient (Wildman–Crippen LogP) is 3.12. The molecule has 9 heteroatoms. The number of carbonyl (C=O) groups excluding carboxylic acids is 1. The first-order valence-electron chi connectivity index (χ1n) is 7.91. The second kappa shape index (κ2) is 5.36. The van der Waals surface area contributed by atoms with E-state index in [1.54, 1.807) is 18.2 Å². The zero-order valence-corrected chi connectivity index (χ0v) is 15.1. The quantitative estimate of drug-likeness (QED) is 0.585. The minimum absolute atomic E-state index is 0.0303. The summed E-state index contributed by atoms with van der Waals surface area (Å²) in [6.07, 6.45) is 0. The van der Waals surface area contributed by atoms with Gasteiger partial charge in [-0.25, -0.2) is 0 Å². The number of para-hydroxylation sites is 1. The molecular formula is C18H10ClN5O2S. The maximum atomic E-state index is 13.3. The number of thiophene rings is 1. The molecule has 3 aromatic rings. The third-order valence-corrected chi connectivity index (χ3v) is 6.04. The summed E-state index contributed by atoms with van der Waals surface area (Å²) in [6.45, 7) is 0. The normalized spacial score (nSPS) is 20.1. The number of amides is 1. The molecule has 5 rings (SSSR count). The molecule has 2 aromatic heterocycles. The van der Waals surface area contributed by atoms with Gasteiger partial charge in [-0.3, -0.25) is 9.89 Å². The van der Waals surface area contributed by atoms with Crippen molar-refractivity contribution in [1.82, 2.24) is 10.2 Å². The summed E-state index contributed by atoms with van der Waals surface area (Å²) in [6, 6.07) is 12.8. The highest BCUT2D eigenvalue weighted by Crippen LogP contribution is 2.55. The van der Waals surface area contributed by atoms with Crippen LogP contribution in [0.2, 0.25) is 4.34 Å². The first-order chi connectivity index (χ1) is 13.1. The van der Waals surface area contributed by atoms with E-state index >= 15 is 0 Å². The van der Waals surface area contributed by atoms with Crippen LogP contribution in [-0.2, 0) is 10.2 Å². The molecule has 0 aliphatic carbocycles. The van der Waals surface area contributed by atoms with Crippen LogP contribution in [-0.4, -0.2) is 16.1 Å². The number of nitrogens with two attached hydrogens (primary N) is 1. The van der Waals surface area contributed by atoms with Crippen molar-refractivity contribution in [2.75, 3.05) is 5.32 Å². The molecule has 132 valence electrons. The van der Waals surface area contributed by atoms with Crippen LogP contribution in [0, 0.1) is 11.3 Å². The van der Waals surface area contributed by atoms with Crippen LogP contribution < -0.4 is 15.8 Å². The van der Waals surface area contributed by atoms with Gasteiger partial charge in [0.2, 0.25) is 17.7 Å². The topological polar surface area (TPSA) is 117 Å². The molecule has 0 fully saturated rings. The zero-order valence-electron chi connectivity index (χ0n) is 13.5. The van der Waals surface area contributed by atoms with Gasteiger partial charge in [0.25, 0.3) is 0 Å². The van der Waals surface area contributed by atoms with Gasteiger partial charge < -0.3 is 15.8 Å². The number of aromatic nitrogens is 2. The van der Waals surface area contributed by atoms with Crippen molar-refractivity contribution >= 4 is 34.5 Å². The van der Waals surface area contributed by atoms with Gasteiger partial charge in [0.15, 0.2) is 0 Å². The smallest absolute Gasteiger partial charge is 0.245 e. The summed E-state index contributed by atoms with van der Waals surface area (Å²) in [5, 5.41) is 19.8. The van der Waals surface area contributed by atoms with Gasteiger partial charge in [0.1, 0.15) is 17.1 Å². The molecule has 0 unspecified atom stereocenters. The summed E-state index contributed by atoms with van der Waals surface area (Å²) >= 11 is 7.42. The van der Waals surface area contributed by atoms with Crippen LogP contribution in [0.1, 0.15) is 11.1 Å². The van der Waals surface area contributed by atoms with E-state index in [2.05, 4.69) is 21.6 Å². The number of rotatable bonds is 1. The van der Waals surface area contributed by atoms with Gasteiger partial charge in [0, 0.05) is 11.3 Å². The number of carbonyl (C=O) groups is 1. The summed E-state index contributed by atoms with van der Waals surface area (Å²) in [5.74, 6) is -0.352. The molecule has 4 heterocycles. The van der Waals surface area contributed by atoms with Gasteiger partial charge in [-0.05, 0) is 18.2 Å². The lowest BCUT2D eigenvalue weighted by molar-refractivity contribution is -0.118. The van der Waals surface area contributed by atoms with Crippen molar-refractivity contribution in [2.45, 2.75) is 5.41 Å². The van der Waals surface area contributed by atoms with E-state index in [0.29, 0.717) is 26.8 Å². The number of nitrogens with one attached hydrogen (secondary N) is 2. The van der Waals surface area contributed by atoms with Crippen molar-refractivity contribution < 1.29 is 9.53 Å². The SMILES string of the molecule is N#CC1=C(N)Oc2n[nH]c(-c3ccc(Cl)s3)c2[C@]12C(=O)Nc1ccccc12. The van der Waals surface area contributed by atoms with Gasteiger partial charge in [0.05, 0.1) is 20.5 Å². The Hall–Kier alpha value is -3.28. The summed E-state index contributed by atoms with van der Waals surface area (Å²) in [4.78, 5) is 14.1. The van der Waals surface area contributed by atoms with E-state index < -0.39 is 5.41 Å². The van der Waals surface area contributed by atoms with Crippen LogP contribution in [0.25, 0.3) is 10.6 Å². The van der Waals surface area contributed by atoms with Crippen LogP contribution in [0.15, 0.2) is 47.9 Å². The molecule has 1 amide bonds. The molecule has 7 nitrogen and oxygen atoms in total. The first kappa shape index (κ1) is 15.9. The number of nitriles is 1. The monoisotopic (exact) mass is 395 g/mol. The highest BCUT2D eigenvalue weighted by atomic mass is 35.5. The number of nitrogens with zero attached hydrogens (tertiary/aromatic N) is 2. The first-order valence-corrected chi connectivity index (χ1v) is 9.10. The van der Waals surface area contributed by atoms with Crippen LogP contribution in [0.5, 0.6) is 5.88 Å². The second-order valence-electron chi connectivity index (χ2n) is 6.09.